The van der Waals surface area contributed by atoms with Crippen molar-refractivity contribution in [2.24, 2.45) is 0 Å². The molecule has 2 saturated carbocycles. The second-order valence-electron chi connectivity index (χ2n) is 21.0. The van der Waals surface area contributed by atoms with Crippen LogP contribution in [0.3, 0.4) is 0 Å². The first-order chi connectivity index (χ1) is 30.5. The summed E-state index contributed by atoms with van der Waals surface area (Å²) in [6.45, 7) is 15.9. The van der Waals surface area contributed by atoms with Crippen molar-refractivity contribution in [2.45, 2.75) is 120 Å². The molecule has 4 heteroatoms. The molecular weight excluding hydrogens is 793 g/mol. The topological polar surface area (TPSA) is 6.48 Å². The summed E-state index contributed by atoms with van der Waals surface area (Å²) < 4.78 is -0.0696. The van der Waals surface area contributed by atoms with Crippen molar-refractivity contribution in [3.05, 3.63) is 180 Å². The summed E-state index contributed by atoms with van der Waals surface area (Å²) >= 11 is 0. The smallest absolute Gasteiger partial charge is 0.0579 e. The van der Waals surface area contributed by atoms with Crippen LogP contribution in [-0.2, 0) is 4.66 Å². The van der Waals surface area contributed by atoms with E-state index in [-0.39, 0.29) is 4.66 Å². The summed E-state index contributed by atoms with van der Waals surface area (Å²) in [5.74, 6) is 1.36. The zero-order chi connectivity index (χ0) is 43.3. The lowest BCUT2D eigenvalue weighted by Gasteiger charge is -2.51. The van der Waals surface area contributed by atoms with Gasteiger partial charge in [0.05, 0.1) is 21.8 Å². The van der Waals surface area contributed by atoms with Gasteiger partial charge in [0, 0.05) is 38.5 Å². The first-order valence-electron chi connectivity index (χ1n) is 24.2. The Bertz CT molecular complexity index is 2680. The van der Waals surface area contributed by atoms with Gasteiger partial charge in [-0.25, -0.2) is 0 Å². The Balaban J connectivity index is 1.18. The van der Waals surface area contributed by atoms with E-state index >= 15 is 0 Å². The summed E-state index contributed by atoms with van der Waals surface area (Å²) in [6.07, 6.45) is 13.4. The van der Waals surface area contributed by atoms with E-state index in [1.807, 2.05) is 0 Å². The highest BCUT2D eigenvalue weighted by Crippen LogP contribution is 2.62. The number of rotatable bonds is 10. The van der Waals surface area contributed by atoms with Crippen LogP contribution in [-0.4, -0.2) is 16.1 Å². The van der Waals surface area contributed by atoms with Gasteiger partial charge >= 0.3 is 0 Å². The van der Waals surface area contributed by atoms with Gasteiger partial charge in [0.1, 0.15) is 0 Å². The molecule has 2 nitrogen and oxygen atoms in total. The Labute approximate surface area is 380 Å². The number of nitrogens with zero attached hydrogens (tertiary/aromatic N) is 2. The minimum atomic E-state index is -2.06. The third-order valence-corrected chi connectivity index (χ3v) is 25.4. The van der Waals surface area contributed by atoms with Gasteiger partial charge in [-0.1, -0.05) is 169 Å². The number of para-hydroxylation sites is 2. The maximum absolute atomic E-state index is 2.68. The van der Waals surface area contributed by atoms with Crippen molar-refractivity contribution in [3.63, 3.8) is 0 Å². The normalized spacial score (nSPS) is 16.7. The lowest BCUT2D eigenvalue weighted by Crippen LogP contribution is -2.63. The van der Waals surface area contributed by atoms with E-state index in [1.54, 1.807) is 11.1 Å². The van der Waals surface area contributed by atoms with Crippen molar-refractivity contribution in [1.82, 2.24) is 0 Å². The average molecular weight is 859 g/mol. The maximum atomic E-state index is 2.68. The van der Waals surface area contributed by atoms with Crippen LogP contribution in [0.1, 0.15) is 98.3 Å². The summed E-state index contributed by atoms with van der Waals surface area (Å²) in [7, 11) is -4.12. The fraction of sp³-hybridized carbons (Fsp3) is 0.322. The van der Waals surface area contributed by atoms with Crippen molar-refractivity contribution in [1.29, 1.82) is 0 Å². The van der Waals surface area contributed by atoms with E-state index < -0.39 is 16.1 Å². The molecule has 0 spiro atoms. The van der Waals surface area contributed by atoms with Crippen molar-refractivity contribution in [2.75, 3.05) is 9.80 Å². The van der Waals surface area contributed by atoms with Crippen LogP contribution < -0.4 is 9.80 Å². The van der Waals surface area contributed by atoms with Gasteiger partial charge in [0.2, 0.25) is 0 Å². The minimum absolute atomic E-state index is 0.0696. The fourth-order valence-electron chi connectivity index (χ4n) is 12.9. The molecule has 0 radical (unpaired) electrons. The molecule has 0 aromatic heterocycles. The van der Waals surface area contributed by atoms with Gasteiger partial charge in [-0.05, 0) is 143 Å². The number of hydrogen-bond acceptors (Lipinski definition) is 2. The molecule has 3 aliphatic carbocycles. The Morgan fingerprint density at radius 1 is 0.397 bits per heavy atom. The van der Waals surface area contributed by atoms with Gasteiger partial charge < -0.3 is 9.80 Å². The lowest BCUT2D eigenvalue weighted by atomic mass is 9.84. The molecule has 0 N–H and O–H groups in total. The number of anilines is 6. The molecule has 320 valence electrons. The highest BCUT2D eigenvalue weighted by Gasteiger charge is 2.60. The summed E-state index contributed by atoms with van der Waals surface area (Å²) in [5, 5.41) is 2.66. The molecule has 0 bridgehead atoms. The molecule has 0 heterocycles. The number of hydrogen-bond donors (Lipinski definition) is 0. The van der Waals surface area contributed by atoms with Crippen LogP contribution in [0.15, 0.2) is 158 Å². The molecule has 10 rings (SSSR count). The van der Waals surface area contributed by atoms with E-state index in [9.17, 15) is 0 Å². The van der Waals surface area contributed by atoms with Crippen LogP contribution in [0.5, 0.6) is 0 Å². The van der Waals surface area contributed by atoms with Crippen LogP contribution >= 0.6 is 0 Å². The van der Waals surface area contributed by atoms with Gasteiger partial charge in [-0.2, -0.15) is 0 Å². The average Bonchev–Trinajstić information content (AvgIpc) is 3.63. The van der Waals surface area contributed by atoms with Crippen LogP contribution in [0, 0.1) is 0 Å². The van der Waals surface area contributed by atoms with E-state index in [0.29, 0.717) is 11.8 Å². The molecule has 0 aliphatic heterocycles. The largest absolute Gasteiger partial charge is 0.310 e. The Morgan fingerprint density at radius 2 is 0.825 bits per heavy atom. The predicted molar refractivity (Wildman–Crippen MR) is 278 cm³/mol. The van der Waals surface area contributed by atoms with Crippen LogP contribution in [0.4, 0.5) is 34.1 Å². The van der Waals surface area contributed by atoms with E-state index in [0.717, 1.165) is 0 Å². The second-order valence-corrected chi connectivity index (χ2v) is 32.0. The quantitative estimate of drug-likeness (QED) is 0.126. The van der Waals surface area contributed by atoms with Crippen LogP contribution in [0.2, 0.25) is 39.3 Å². The summed E-state index contributed by atoms with van der Waals surface area (Å²) in [4.78, 5) is 5.08. The maximum Gasteiger partial charge on any atom is 0.0579 e. The number of benzene rings is 7. The molecule has 7 aromatic rings. The Kier molecular flexibility index (Phi) is 11.1. The fourth-order valence-corrected chi connectivity index (χ4v) is 25.9. The van der Waals surface area contributed by atoms with Crippen molar-refractivity contribution in [3.8, 4) is 11.1 Å². The highest BCUT2D eigenvalue weighted by molar-refractivity contribution is 6.99. The zero-order valence-corrected chi connectivity index (χ0v) is 40.6. The van der Waals surface area contributed by atoms with Gasteiger partial charge in [-0.15, -0.1) is 0 Å². The molecule has 2 fully saturated rings. The van der Waals surface area contributed by atoms with Crippen molar-refractivity contribution < 1.29 is 0 Å². The van der Waals surface area contributed by atoms with E-state index in [4.69, 9.17) is 0 Å². The molecule has 7 aromatic carbocycles. The third-order valence-electron chi connectivity index (χ3n) is 15.3. The third kappa shape index (κ3) is 7.32. The first-order valence-corrected chi connectivity index (χ1v) is 31.2. The highest BCUT2D eigenvalue weighted by atomic mass is 28.4. The molecule has 0 amide bonds. The van der Waals surface area contributed by atoms with Gasteiger partial charge in [0.25, 0.3) is 0 Å². The molecular formula is C59H66N2Si2. The van der Waals surface area contributed by atoms with E-state index in [1.165, 1.54) is 131 Å². The lowest BCUT2D eigenvalue weighted by molar-refractivity contribution is 0.443. The van der Waals surface area contributed by atoms with Crippen molar-refractivity contribution >= 4 is 61.0 Å². The zero-order valence-electron chi connectivity index (χ0n) is 38.6. The molecule has 0 atom stereocenters. The monoisotopic (exact) mass is 858 g/mol. The Hall–Kier alpha value is -5.17. The van der Waals surface area contributed by atoms with Gasteiger partial charge in [-0.3, -0.25) is 0 Å². The molecule has 63 heavy (non-hydrogen) atoms. The second kappa shape index (κ2) is 16.8. The first kappa shape index (κ1) is 41.8. The van der Waals surface area contributed by atoms with Crippen LogP contribution in [0.25, 0.3) is 21.9 Å². The SMILES string of the molecule is C[Si](C)(C)C1([Si](C)(C)C)c2cc(N(c3ccccc3)c3ccc(C4CCCCC4)cc3)ccc2-c2c1cc(N(c1ccccc1)c1ccc(C3CCCCC3)cc1)c1ccccc21. The molecule has 0 saturated heterocycles. The predicted octanol–water partition coefficient (Wildman–Crippen LogP) is 17.9. The number of fused-ring (bicyclic) bond motifs is 5. The molecule has 0 unspecified atom stereocenters. The summed E-state index contributed by atoms with van der Waals surface area (Å²) in [6, 6.07) is 61.1. The Morgan fingerprint density at radius 3 is 1.33 bits per heavy atom. The van der Waals surface area contributed by atoms with E-state index in [2.05, 4.69) is 207 Å². The standard InChI is InChI=1S/C59H66N2Si2/c1-62(2,3)59(63(4,5)6)55-41-51(60(47-25-15-9-16-26-47)49-35-31-45(32-36-49)43-21-11-7-12-22-43)39-40-54(55)58-53-30-20-19-29-52(53)57(42-56(58)59)61(48-27-17-10-18-28-48)50-37-33-46(34-38-50)44-23-13-8-14-24-44/h9-10,15-20,25-44H,7-8,11-14,21-24H2,1-6H3. The summed E-state index contributed by atoms with van der Waals surface area (Å²) in [5.41, 5.74) is 16.3. The van der Waals surface area contributed by atoms with Gasteiger partial charge in [0.15, 0.2) is 0 Å². The minimum Gasteiger partial charge on any atom is -0.310 e. The molecule has 3 aliphatic rings.